The lowest BCUT2D eigenvalue weighted by molar-refractivity contribution is 0.0972. The highest BCUT2D eigenvalue weighted by molar-refractivity contribution is 7.19. The molecule has 2 aliphatic rings. The first-order chi connectivity index (χ1) is 10.1. The Morgan fingerprint density at radius 3 is 2.52 bits per heavy atom. The van der Waals surface area contributed by atoms with Gasteiger partial charge in [-0.3, -0.25) is 4.79 Å². The van der Waals surface area contributed by atoms with E-state index in [1.807, 2.05) is 0 Å². The Kier molecular flexibility index (Phi) is 4.08. The van der Waals surface area contributed by atoms with E-state index in [4.69, 9.17) is 10.5 Å². The van der Waals surface area contributed by atoms with Crippen LogP contribution in [0.4, 0.5) is 10.7 Å². The van der Waals surface area contributed by atoms with Crippen LogP contribution in [0.2, 0.25) is 0 Å². The number of hydrogen-bond acceptors (Lipinski definition) is 6. The summed E-state index contributed by atoms with van der Waals surface area (Å²) in [7, 11) is 1.58. The van der Waals surface area contributed by atoms with Crippen LogP contribution in [-0.2, 0) is 0 Å². The van der Waals surface area contributed by atoms with Gasteiger partial charge in [-0.15, -0.1) is 11.3 Å². The summed E-state index contributed by atoms with van der Waals surface area (Å²) in [5.74, 6) is 0.909. The molecule has 2 aliphatic carbocycles. The summed E-state index contributed by atoms with van der Waals surface area (Å²) in [6.07, 6.45) is 5.25. The van der Waals surface area contributed by atoms with E-state index in [-0.39, 0.29) is 17.8 Å². The predicted molar refractivity (Wildman–Crippen MR) is 84.2 cm³/mol. The summed E-state index contributed by atoms with van der Waals surface area (Å²) in [6.45, 7) is 0. The number of anilines is 2. The van der Waals surface area contributed by atoms with Crippen LogP contribution in [0, 0.1) is 5.92 Å². The first-order valence-electron chi connectivity index (χ1n) is 7.55. The zero-order valence-electron chi connectivity index (χ0n) is 12.2. The van der Waals surface area contributed by atoms with Crippen LogP contribution in [0.5, 0.6) is 5.75 Å². The van der Waals surface area contributed by atoms with Crippen molar-refractivity contribution in [3.05, 3.63) is 4.88 Å². The van der Waals surface area contributed by atoms with Crippen LogP contribution in [0.25, 0.3) is 0 Å². The van der Waals surface area contributed by atoms with Crippen molar-refractivity contribution in [2.45, 2.75) is 50.7 Å². The predicted octanol–water partition coefficient (Wildman–Crippen LogP) is 2.65. The van der Waals surface area contributed by atoms with Crippen LogP contribution in [0.3, 0.4) is 0 Å². The lowest BCUT2D eigenvalue weighted by atomic mass is 9.93. The van der Waals surface area contributed by atoms with Crippen LogP contribution in [0.15, 0.2) is 0 Å². The summed E-state index contributed by atoms with van der Waals surface area (Å²) < 4.78 is 5.39. The molecule has 1 aromatic rings. The van der Waals surface area contributed by atoms with E-state index in [0.29, 0.717) is 22.4 Å². The average molecular weight is 310 g/mol. The number of aliphatic hydroxyl groups is 1. The number of aliphatic hydroxyl groups excluding tert-OH is 1. The first-order valence-corrected chi connectivity index (χ1v) is 8.36. The molecule has 4 N–H and O–H groups in total. The van der Waals surface area contributed by atoms with E-state index in [0.717, 1.165) is 43.5 Å². The third kappa shape index (κ3) is 3.01. The minimum Gasteiger partial charge on any atom is -0.492 e. The summed E-state index contributed by atoms with van der Waals surface area (Å²) in [6, 6.07) is 0.309. The van der Waals surface area contributed by atoms with E-state index in [9.17, 15) is 9.90 Å². The highest BCUT2D eigenvalue weighted by Crippen LogP contribution is 2.46. The van der Waals surface area contributed by atoms with Gasteiger partial charge in [0.15, 0.2) is 11.5 Å². The highest BCUT2D eigenvalue weighted by Gasteiger charge is 2.34. The van der Waals surface area contributed by atoms with Gasteiger partial charge in [-0.05, 0) is 38.5 Å². The Morgan fingerprint density at radius 1 is 1.29 bits per heavy atom. The average Bonchev–Trinajstić information content (AvgIpc) is 3.27. The molecular weight excluding hydrogens is 288 g/mol. The molecule has 0 amide bonds. The fourth-order valence-electron chi connectivity index (χ4n) is 2.85. The molecule has 2 saturated carbocycles. The SMILES string of the molecule is COc1c(NC2CCC(O)CC2)sc(C(=O)C2CC2)c1N. The number of ether oxygens (including phenoxy) is 1. The van der Waals surface area contributed by atoms with Crippen molar-refractivity contribution in [3.8, 4) is 5.75 Å². The normalized spacial score (nSPS) is 25.6. The van der Waals surface area contributed by atoms with Crippen LogP contribution >= 0.6 is 11.3 Å². The quantitative estimate of drug-likeness (QED) is 0.728. The molecule has 0 aliphatic heterocycles. The largest absolute Gasteiger partial charge is 0.492 e. The molecule has 0 saturated heterocycles. The third-order valence-electron chi connectivity index (χ3n) is 4.31. The van der Waals surface area contributed by atoms with Crippen molar-refractivity contribution >= 4 is 27.8 Å². The van der Waals surface area contributed by atoms with Crippen molar-refractivity contribution in [2.75, 3.05) is 18.2 Å². The Hall–Kier alpha value is -1.27. The molecule has 116 valence electrons. The van der Waals surface area contributed by atoms with Crippen LogP contribution in [-0.4, -0.2) is 30.1 Å². The van der Waals surface area contributed by atoms with E-state index >= 15 is 0 Å². The molecule has 6 heteroatoms. The molecule has 0 bridgehead atoms. The number of carbonyl (C=O) groups excluding carboxylic acids is 1. The third-order valence-corrected chi connectivity index (χ3v) is 5.44. The number of Topliss-reactive ketones (excluding diaryl/α,β-unsaturated/α-hetero) is 1. The van der Waals surface area contributed by atoms with E-state index < -0.39 is 0 Å². The maximum atomic E-state index is 12.3. The van der Waals surface area contributed by atoms with Gasteiger partial charge in [-0.1, -0.05) is 0 Å². The molecule has 1 aromatic heterocycles. The molecule has 0 radical (unpaired) electrons. The highest BCUT2D eigenvalue weighted by atomic mass is 32.1. The number of nitrogen functional groups attached to an aromatic ring is 1. The van der Waals surface area contributed by atoms with Crippen molar-refractivity contribution in [2.24, 2.45) is 5.92 Å². The number of nitrogens with two attached hydrogens (primary N) is 1. The standard InChI is InChI=1S/C15H22N2O3S/c1-20-13-11(16)14(12(19)8-2-3-8)21-15(13)17-9-4-6-10(18)7-5-9/h8-10,17-18H,2-7,16H2,1H3. The zero-order chi connectivity index (χ0) is 15.0. The Morgan fingerprint density at radius 2 is 1.95 bits per heavy atom. The summed E-state index contributed by atoms with van der Waals surface area (Å²) in [4.78, 5) is 12.9. The van der Waals surface area contributed by atoms with Gasteiger partial charge in [0.25, 0.3) is 0 Å². The Bertz CT molecular complexity index is 531. The fraction of sp³-hybridized carbons (Fsp3) is 0.667. The van der Waals surface area contributed by atoms with Crippen LogP contribution < -0.4 is 15.8 Å². The summed E-state index contributed by atoms with van der Waals surface area (Å²) >= 11 is 1.41. The summed E-state index contributed by atoms with van der Waals surface area (Å²) in [5.41, 5.74) is 6.56. The van der Waals surface area contributed by atoms with E-state index in [1.54, 1.807) is 7.11 Å². The molecule has 1 heterocycles. The number of hydrogen-bond donors (Lipinski definition) is 3. The maximum Gasteiger partial charge on any atom is 0.178 e. The maximum absolute atomic E-state index is 12.3. The number of carbonyl (C=O) groups is 1. The molecule has 21 heavy (non-hydrogen) atoms. The lowest BCUT2D eigenvalue weighted by Gasteiger charge is -2.26. The number of rotatable bonds is 5. The first kappa shape index (κ1) is 14.7. The molecule has 5 nitrogen and oxygen atoms in total. The monoisotopic (exact) mass is 310 g/mol. The molecule has 0 unspecified atom stereocenters. The van der Waals surface area contributed by atoms with Gasteiger partial charge >= 0.3 is 0 Å². The van der Waals surface area contributed by atoms with Crippen molar-refractivity contribution in [1.29, 1.82) is 0 Å². The smallest absolute Gasteiger partial charge is 0.178 e. The molecule has 0 aromatic carbocycles. The molecule has 3 rings (SSSR count). The second-order valence-electron chi connectivity index (χ2n) is 6.00. The van der Waals surface area contributed by atoms with Crippen molar-refractivity contribution in [1.82, 2.24) is 0 Å². The van der Waals surface area contributed by atoms with Gasteiger partial charge < -0.3 is 20.9 Å². The summed E-state index contributed by atoms with van der Waals surface area (Å²) in [5, 5.41) is 13.9. The van der Waals surface area contributed by atoms with Gasteiger partial charge in [0.2, 0.25) is 0 Å². The number of ketones is 1. The zero-order valence-corrected chi connectivity index (χ0v) is 13.0. The minimum atomic E-state index is -0.176. The van der Waals surface area contributed by atoms with Gasteiger partial charge in [0.05, 0.1) is 23.8 Å². The van der Waals surface area contributed by atoms with E-state index in [1.165, 1.54) is 11.3 Å². The molecule has 2 fully saturated rings. The van der Waals surface area contributed by atoms with Crippen LogP contribution in [0.1, 0.15) is 48.2 Å². The minimum absolute atomic E-state index is 0.155. The van der Waals surface area contributed by atoms with Gasteiger partial charge in [-0.2, -0.15) is 0 Å². The fourth-order valence-corrected chi connectivity index (χ4v) is 4.03. The number of thiophene rings is 1. The second kappa shape index (κ2) is 5.85. The van der Waals surface area contributed by atoms with E-state index in [2.05, 4.69) is 5.32 Å². The van der Waals surface area contributed by atoms with Crippen molar-refractivity contribution in [3.63, 3.8) is 0 Å². The van der Waals surface area contributed by atoms with Gasteiger partial charge in [0, 0.05) is 12.0 Å². The van der Waals surface area contributed by atoms with Gasteiger partial charge in [0.1, 0.15) is 5.00 Å². The molecule has 0 spiro atoms. The topological polar surface area (TPSA) is 84.6 Å². The Balaban J connectivity index is 1.77. The second-order valence-corrected chi connectivity index (χ2v) is 7.02. The van der Waals surface area contributed by atoms with Gasteiger partial charge in [-0.25, -0.2) is 0 Å². The lowest BCUT2D eigenvalue weighted by Crippen LogP contribution is -2.27. The molecular formula is C15H22N2O3S. The van der Waals surface area contributed by atoms with Crippen molar-refractivity contribution < 1.29 is 14.6 Å². The number of nitrogens with one attached hydrogen (secondary N) is 1. The Labute approximate surface area is 128 Å². The molecule has 0 atom stereocenters. The number of methoxy groups -OCH3 is 1.